The molecule has 0 saturated carbocycles. The third kappa shape index (κ3) is 0.865. The molecule has 0 atom stereocenters. The van der Waals surface area contributed by atoms with Gasteiger partial charge in [0.2, 0.25) is 5.78 Å². The van der Waals surface area contributed by atoms with Gasteiger partial charge in [0.05, 0.1) is 16.3 Å². The molecule has 0 radical (unpaired) electrons. The minimum absolute atomic E-state index is 0.0449. The Kier molecular flexibility index (Phi) is 1.48. The second-order valence-corrected chi connectivity index (χ2v) is 2.96. The van der Waals surface area contributed by atoms with Crippen molar-refractivity contribution in [2.45, 2.75) is 0 Å². The van der Waals surface area contributed by atoms with Gasteiger partial charge in [-0.15, -0.1) is 0 Å². The number of carbonyl (C=O) groups excluding carboxylic acids is 1. The Hall–Kier alpha value is -1.22. The monoisotopic (exact) mass is 183 g/mol. The third-order valence-electron chi connectivity index (χ3n) is 1.76. The molecule has 1 heterocycles. The zero-order valence-electron chi connectivity index (χ0n) is 6.13. The topological polar surface area (TPSA) is 52.3 Å². The van der Waals surface area contributed by atoms with Crippen molar-refractivity contribution in [1.82, 2.24) is 0 Å². The van der Waals surface area contributed by atoms with Gasteiger partial charge < -0.3 is 10.5 Å². The number of nitrogens with two attached hydrogens (primary N) is 1. The number of nitrogen functional groups attached to an aromatic ring is 1. The van der Waals surface area contributed by atoms with E-state index in [1.807, 2.05) is 0 Å². The van der Waals surface area contributed by atoms with E-state index in [0.717, 1.165) is 0 Å². The average Bonchev–Trinajstić information content (AvgIpc) is 2.42. The summed E-state index contributed by atoms with van der Waals surface area (Å²) in [5.41, 5.74) is 6.44. The van der Waals surface area contributed by atoms with Crippen LogP contribution in [0.2, 0.25) is 5.02 Å². The maximum absolute atomic E-state index is 11.2. The van der Waals surface area contributed by atoms with Gasteiger partial charge in [-0.2, -0.15) is 0 Å². The highest BCUT2D eigenvalue weighted by Crippen LogP contribution is 2.36. The fourth-order valence-corrected chi connectivity index (χ4v) is 1.45. The number of benzene rings is 1. The molecule has 0 spiro atoms. The Morgan fingerprint density at radius 1 is 1.50 bits per heavy atom. The zero-order valence-corrected chi connectivity index (χ0v) is 6.89. The van der Waals surface area contributed by atoms with Gasteiger partial charge in [-0.25, -0.2) is 0 Å². The third-order valence-corrected chi connectivity index (χ3v) is 2.08. The summed E-state index contributed by atoms with van der Waals surface area (Å²) in [5.74, 6) is 0.315. The number of ether oxygens (including phenoxy) is 1. The lowest BCUT2D eigenvalue weighted by molar-refractivity contribution is 0.0961. The molecule has 0 amide bonds. The van der Waals surface area contributed by atoms with Crippen LogP contribution in [-0.4, -0.2) is 12.4 Å². The molecule has 0 saturated heterocycles. The molecule has 2 N–H and O–H groups in total. The fraction of sp³-hybridized carbons (Fsp3) is 0.125. The minimum atomic E-state index is -0.109. The Morgan fingerprint density at radius 2 is 2.25 bits per heavy atom. The molecular formula is C8H6ClNO2. The minimum Gasteiger partial charge on any atom is -0.482 e. The zero-order chi connectivity index (χ0) is 8.72. The lowest BCUT2D eigenvalue weighted by atomic mass is 10.1. The van der Waals surface area contributed by atoms with Crippen LogP contribution >= 0.6 is 11.6 Å². The van der Waals surface area contributed by atoms with Crippen molar-refractivity contribution in [3.05, 3.63) is 22.7 Å². The Labute approximate surface area is 74.1 Å². The quantitative estimate of drug-likeness (QED) is 0.620. The van der Waals surface area contributed by atoms with Crippen LogP contribution in [0.5, 0.6) is 5.75 Å². The summed E-state index contributed by atoms with van der Waals surface area (Å²) in [7, 11) is 0. The van der Waals surface area contributed by atoms with Crippen molar-refractivity contribution in [2.75, 3.05) is 12.3 Å². The summed E-state index contributed by atoms with van der Waals surface area (Å²) in [6, 6.07) is 3.22. The van der Waals surface area contributed by atoms with Crippen molar-refractivity contribution in [3.8, 4) is 5.75 Å². The standard InChI is InChI=1S/C8H6ClNO2/c9-4-1-2-5(10)8-7(4)6(11)3-12-8/h1-2H,3,10H2. The first-order valence-corrected chi connectivity index (χ1v) is 3.82. The predicted molar refractivity (Wildman–Crippen MR) is 45.7 cm³/mol. The number of halogens is 1. The van der Waals surface area contributed by atoms with Gasteiger partial charge in [-0.05, 0) is 12.1 Å². The van der Waals surface area contributed by atoms with Gasteiger partial charge in [0.1, 0.15) is 0 Å². The molecule has 3 nitrogen and oxygen atoms in total. The molecule has 1 aliphatic heterocycles. The van der Waals surface area contributed by atoms with Crippen LogP contribution in [0.15, 0.2) is 12.1 Å². The SMILES string of the molecule is Nc1ccc(Cl)c2c1OCC2=O. The van der Waals surface area contributed by atoms with Gasteiger partial charge in [0, 0.05) is 0 Å². The van der Waals surface area contributed by atoms with Crippen molar-refractivity contribution in [1.29, 1.82) is 0 Å². The fourth-order valence-electron chi connectivity index (χ4n) is 1.20. The van der Waals surface area contributed by atoms with E-state index in [9.17, 15) is 4.79 Å². The van der Waals surface area contributed by atoms with Crippen molar-refractivity contribution in [3.63, 3.8) is 0 Å². The first-order valence-electron chi connectivity index (χ1n) is 3.44. The van der Waals surface area contributed by atoms with E-state index in [1.165, 1.54) is 0 Å². The van der Waals surface area contributed by atoms with Crippen LogP contribution in [0, 0.1) is 0 Å². The van der Waals surface area contributed by atoms with Crippen LogP contribution < -0.4 is 10.5 Å². The van der Waals surface area contributed by atoms with Gasteiger partial charge in [0.25, 0.3) is 0 Å². The molecule has 0 aromatic heterocycles. The lowest BCUT2D eigenvalue weighted by Crippen LogP contribution is -1.99. The van der Waals surface area contributed by atoms with Crippen molar-refractivity contribution < 1.29 is 9.53 Å². The summed E-state index contributed by atoms with van der Waals surface area (Å²) in [5, 5.41) is 0.404. The number of hydrogen-bond donors (Lipinski definition) is 1. The first kappa shape index (κ1) is 7.43. The molecule has 1 aliphatic rings. The van der Waals surface area contributed by atoms with E-state index in [-0.39, 0.29) is 12.4 Å². The number of hydrogen-bond acceptors (Lipinski definition) is 3. The van der Waals surface area contributed by atoms with Crippen molar-refractivity contribution >= 4 is 23.1 Å². The number of ketones is 1. The maximum atomic E-state index is 11.2. The van der Waals surface area contributed by atoms with Crippen LogP contribution in [0.3, 0.4) is 0 Å². The number of fused-ring (bicyclic) bond motifs is 1. The largest absolute Gasteiger partial charge is 0.482 e. The molecule has 1 aromatic rings. The lowest BCUT2D eigenvalue weighted by Gasteiger charge is -2.01. The predicted octanol–water partition coefficient (Wildman–Crippen LogP) is 1.50. The highest BCUT2D eigenvalue weighted by Gasteiger charge is 2.25. The molecule has 0 unspecified atom stereocenters. The molecule has 2 rings (SSSR count). The van der Waals surface area contributed by atoms with Gasteiger partial charge in [0.15, 0.2) is 12.4 Å². The number of Topliss-reactive ketones (excluding diaryl/α,β-unsaturated/α-hetero) is 1. The highest BCUT2D eigenvalue weighted by molar-refractivity contribution is 6.35. The number of rotatable bonds is 0. The molecule has 0 fully saturated rings. The van der Waals surface area contributed by atoms with E-state index >= 15 is 0 Å². The first-order chi connectivity index (χ1) is 5.70. The van der Waals surface area contributed by atoms with E-state index < -0.39 is 0 Å². The highest BCUT2D eigenvalue weighted by atomic mass is 35.5. The summed E-state index contributed by atoms with van der Waals surface area (Å²) in [4.78, 5) is 11.2. The molecule has 62 valence electrons. The summed E-state index contributed by atoms with van der Waals surface area (Å²) < 4.78 is 5.06. The molecule has 0 aliphatic carbocycles. The summed E-state index contributed by atoms with van der Waals surface area (Å²) in [6.45, 7) is 0.0449. The van der Waals surface area contributed by atoms with Gasteiger partial charge >= 0.3 is 0 Å². The smallest absolute Gasteiger partial charge is 0.205 e. The van der Waals surface area contributed by atoms with Crippen molar-refractivity contribution in [2.24, 2.45) is 0 Å². The van der Waals surface area contributed by atoms with Crippen LogP contribution in [0.25, 0.3) is 0 Å². The molecule has 4 heteroatoms. The normalized spacial score (nSPS) is 14.2. The van der Waals surface area contributed by atoms with E-state index in [1.54, 1.807) is 12.1 Å². The Balaban J connectivity index is 2.72. The van der Waals surface area contributed by atoms with Crippen LogP contribution in [0.4, 0.5) is 5.69 Å². The number of anilines is 1. The maximum Gasteiger partial charge on any atom is 0.205 e. The van der Waals surface area contributed by atoms with E-state index in [0.29, 0.717) is 22.0 Å². The molecule has 0 bridgehead atoms. The van der Waals surface area contributed by atoms with E-state index in [4.69, 9.17) is 22.1 Å². The molecular weight excluding hydrogens is 178 g/mol. The van der Waals surface area contributed by atoms with Crippen LogP contribution in [-0.2, 0) is 0 Å². The number of carbonyl (C=O) groups is 1. The summed E-state index contributed by atoms with van der Waals surface area (Å²) in [6.07, 6.45) is 0. The molecule has 12 heavy (non-hydrogen) atoms. The summed E-state index contributed by atoms with van der Waals surface area (Å²) >= 11 is 5.78. The van der Waals surface area contributed by atoms with Gasteiger partial charge in [-0.3, -0.25) is 4.79 Å². The van der Waals surface area contributed by atoms with E-state index in [2.05, 4.69) is 0 Å². The Morgan fingerprint density at radius 3 is 2.92 bits per heavy atom. The molecule has 1 aromatic carbocycles. The average molecular weight is 184 g/mol. The van der Waals surface area contributed by atoms with Gasteiger partial charge in [-0.1, -0.05) is 11.6 Å². The van der Waals surface area contributed by atoms with Crippen LogP contribution in [0.1, 0.15) is 10.4 Å². The second kappa shape index (κ2) is 2.38. The second-order valence-electron chi connectivity index (χ2n) is 2.55. The Bertz CT molecular complexity index is 362.